The predicted octanol–water partition coefficient (Wildman–Crippen LogP) is 1.82. The van der Waals surface area contributed by atoms with E-state index in [0.29, 0.717) is 37.4 Å². The Morgan fingerprint density at radius 3 is 2.45 bits per heavy atom. The Morgan fingerprint density at radius 1 is 1.06 bits per heavy atom. The third kappa shape index (κ3) is 5.33. The summed E-state index contributed by atoms with van der Waals surface area (Å²) >= 11 is 4.87. The smallest absolute Gasteiger partial charge is 0.287 e. The minimum atomic E-state index is -0.403. The highest BCUT2D eigenvalue weighted by molar-refractivity contribution is 7.80. The number of piperidine rings is 1. The Morgan fingerprint density at radius 2 is 1.79 bits per heavy atom. The van der Waals surface area contributed by atoms with Crippen LogP contribution in [-0.2, 0) is 4.79 Å². The zero-order valence-corrected chi connectivity index (χ0v) is 19.0. The number of rotatable bonds is 5. The number of hydrogen-bond donors (Lipinski definition) is 3. The maximum Gasteiger partial charge on any atom is 0.287 e. The van der Waals surface area contributed by atoms with Gasteiger partial charge in [0.2, 0.25) is 5.91 Å². The van der Waals surface area contributed by atoms with E-state index in [2.05, 4.69) is 10.6 Å². The number of likely N-dealkylation sites (tertiary alicyclic amines) is 2. The van der Waals surface area contributed by atoms with Crippen LogP contribution >= 0.6 is 12.2 Å². The highest BCUT2D eigenvalue weighted by Crippen LogP contribution is 2.40. The number of thiocarbonyl (C=S) groups is 1. The third-order valence-corrected chi connectivity index (χ3v) is 6.53. The van der Waals surface area contributed by atoms with Gasteiger partial charge in [-0.3, -0.25) is 14.4 Å². The maximum absolute atomic E-state index is 13.1. The second-order valence-electron chi connectivity index (χ2n) is 8.59. The van der Waals surface area contributed by atoms with Crippen molar-refractivity contribution in [2.45, 2.75) is 19.3 Å². The molecule has 1 spiro atoms. The number of amides is 3. The van der Waals surface area contributed by atoms with Crippen LogP contribution in [0.3, 0.4) is 0 Å². The summed E-state index contributed by atoms with van der Waals surface area (Å²) in [5.41, 5.74) is 6.83. The van der Waals surface area contributed by atoms with Gasteiger partial charge in [-0.15, -0.1) is 0 Å². The number of benzene rings is 1. The van der Waals surface area contributed by atoms with Crippen molar-refractivity contribution in [2.24, 2.45) is 11.1 Å². The van der Waals surface area contributed by atoms with Crippen LogP contribution in [0.2, 0.25) is 0 Å². The molecule has 3 amide bonds. The summed E-state index contributed by atoms with van der Waals surface area (Å²) in [5, 5.41) is 5.61. The molecule has 0 aliphatic carbocycles. The van der Waals surface area contributed by atoms with Gasteiger partial charge >= 0.3 is 0 Å². The molecule has 0 atom stereocenters. The lowest BCUT2D eigenvalue weighted by molar-refractivity contribution is -0.132. The van der Waals surface area contributed by atoms with Crippen LogP contribution < -0.4 is 16.4 Å². The molecular weight excluding hydrogens is 442 g/mol. The molecular formula is C23H27N5O4S. The number of carbonyl (C=O) groups is 3. The van der Waals surface area contributed by atoms with Gasteiger partial charge < -0.3 is 30.6 Å². The van der Waals surface area contributed by atoms with E-state index in [1.165, 1.54) is 6.26 Å². The summed E-state index contributed by atoms with van der Waals surface area (Å²) in [7, 11) is 0. The van der Waals surface area contributed by atoms with Gasteiger partial charge in [-0.2, -0.15) is 0 Å². The van der Waals surface area contributed by atoms with E-state index in [-0.39, 0.29) is 34.6 Å². The number of nitrogens with zero attached hydrogens (tertiary/aromatic N) is 2. The fourth-order valence-corrected chi connectivity index (χ4v) is 4.68. The first-order valence-corrected chi connectivity index (χ1v) is 11.3. The molecule has 0 unspecified atom stereocenters. The van der Waals surface area contributed by atoms with E-state index < -0.39 is 5.91 Å². The molecule has 4 rings (SSSR count). The summed E-state index contributed by atoms with van der Waals surface area (Å²) in [4.78, 5) is 41.2. The van der Waals surface area contributed by atoms with Crippen molar-refractivity contribution in [3.8, 4) is 0 Å². The van der Waals surface area contributed by atoms with E-state index in [0.717, 1.165) is 19.3 Å². The van der Waals surface area contributed by atoms with Gasteiger partial charge in [0, 0.05) is 37.4 Å². The number of nitrogens with two attached hydrogens (primary N) is 1. The molecule has 9 nitrogen and oxygen atoms in total. The van der Waals surface area contributed by atoms with Crippen molar-refractivity contribution < 1.29 is 18.8 Å². The van der Waals surface area contributed by atoms with Crippen molar-refractivity contribution in [2.75, 3.05) is 38.0 Å². The van der Waals surface area contributed by atoms with Crippen LogP contribution in [0.1, 0.15) is 40.2 Å². The Hall–Kier alpha value is -3.40. The second kappa shape index (κ2) is 9.62. The molecule has 2 fully saturated rings. The molecule has 174 valence electrons. The molecule has 0 saturated carbocycles. The molecule has 1 aromatic heterocycles. The average Bonchev–Trinajstić information content (AvgIpc) is 3.48. The van der Waals surface area contributed by atoms with Crippen LogP contribution in [0.5, 0.6) is 0 Å². The van der Waals surface area contributed by atoms with Gasteiger partial charge in [0.25, 0.3) is 11.8 Å². The zero-order valence-electron chi connectivity index (χ0n) is 18.2. The van der Waals surface area contributed by atoms with Gasteiger partial charge in [-0.05, 0) is 67.2 Å². The van der Waals surface area contributed by atoms with Gasteiger partial charge in [0.05, 0.1) is 12.8 Å². The highest BCUT2D eigenvalue weighted by Gasteiger charge is 2.42. The lowest BCUT2D eigenvalue weighted by Crippen LogP contribution is -2.47. The van der Waals surface area contributed by atoms with E-state index in [4.69, 9.17) is 22.4 Å². The van der Waals surface area contributed by atoms with Crippen molar-refractivity contribution >= 4 is 40.7 Å². The summed E-state index contributed by atoms with van der Waals surface area (Å²) < 4.78 is 5.04. The Kier molecular flexibility index (Phi) is 6.64. The summed E-state index contributed by atoms with van der Waals surface area (Å²) in [6.07, 6.45) is 4.00. The minimum Gasteiger partial charge on any atom is -0.459 e. The molecule has 10 heteroatoms. The molecule has 2 aliphatic rings. The monoisotopic (exact) mass is 469 g/mol. The average molecular weight is 470 g/mol. The molecule has 33 heavy (non-hydrogen) atoms. The largest absolute Gasteiger partial charge is 0.459 e. The molecule has 4 N–H and O–H groups in total. The first kappa shape index (κ1) is 22.8. The Balaban J connectivity index is 1.28. The number of anilines is 1. The van der Waals surface area contributed by atoms with Crippen LogP contribution in [0.15, 0.2) is 47.1 Å². The van der Waals surface area contributed by atoms with Crippen molar-refractivity contribution in [1.82, 2.24) is 15.1 Å². The van der Waals surface area contributed by atoms with Gasteiger partial charge in [-0.25, -0.2) is 0 Å². The Bertz CT molecular complexity index is 1050. The van der Waals surface area contributed by atoms with Gasteiger partial charge in [0.15, 0.2) is 10.9 Å². The molecule has 0 radical (unpaired) electrons. The molecule has 0 bridgehead atoms. The van der Waals surface area contributed by atoms with Crippen LogP contribution in [0.4, 0.5) is 5.69 Å². The number of carbonyl (C=O) groups excluding carboxylic acids is 3. The standard InChI is InChI=1S/C23H27N5O4S/c24-22(33)26-17-4-1-3-16(13-17)21(31)28-11-8-23(15-28)6-9-27(10-7-23)19(29)14-25-20(30)18-5-2-12-32-18/h1-5,12-13H,6-11,14-15H2,(H,25,30)(H3,24,26,33). The van der Waals surface area contributed by atoms with Crippen molar-refractivity contribution in [3.05, 3.63) is 54.0 Å². The van der Waals surface area contributed by atoms with Gasteiger partial charge in [-0.1, -0.05) is 6.07 Å². The summed E-state index contributed by atoms with van der Waals surface area (Å²) in [5.74, 6) is -0.349. The summed E-state index contributed by atoms with van der Waals surface area (Å²) in [6.45, 7) is 2.54. The first-order valence-electron chi connectivity index (χ1n) is 10.9. The quantitative estimate of drug-likeness (QED) is 0.571. The van der Waals surface area contributed by atoms with Crippen molar-refractivity contribution in [1.29, 1.82) is 0 Å². The van der Waals surface area contributed by atoms with E-state index in [1.54, 1.807) is 35.2 Å². The first-order chi connectivity index (χ1) is 15.8. The number of hydrogen-bond acceptors (Lipinski definition) is 5. The van der Waals surface area contributed by atoms with E-state index in [9.17, 15) is 14.4 Å². The molecule has 3 heterocycles. The normalized spacial score (nSPS) is 17.1. The predicted molar refractivity (Wildman–Crippen MR) is 127 cm³/mol. The topological polar surface area (TPSA) is 121 Å². The van der Waals surface area contributed by atoms with Crippen LogP contribution in [0, 0.1) is 5.41 Å². The number of nitrogens with one attached hydrogen (secondary N) is 2. The van der Waals surface area contributed by atoms with Crippen molar-refractivity contribution in [3.63, 3.8) is 0 Å². The maximum atomic E-state index is 13.1. The van der Waals surface area contributed by atoms with Crippen LogP contribution in [0.25, 0.3) is 0 Å². The fraction of sp³-hybridized carbons (Fsp3) is 0.391. The number of furan rings is 1. The highest BCUT2D eigenvalue weighted by atomic mass is 32.1. The zero-order chi connectivity index (χ0) is 23.4. The lowest BCUT2D eigenvalue weighted by atomic mass is 9.78. The SMILES string of the molecule is NC(=S)Nc1cccc(C(=O)N2CCC3(CCN(C(=O)CNC(=O)c4ccco4)CC3)C2)c1. The molecule has 1 aromatic carbocycles. The molecule has 2 aliphatic heterocycles. The molecule has 2 aromatic rings. The summed E-state index contributed by atoms with van der Waals surface area (Å²) in [6, 6.07) is 10.3. The fourth-order valence-electron chi connectivity index (χ4n) is 4.56. The Labute approximate surface area is 197 Å². The second-order valence-corrected chi connectivity index (χ2v) is 9.03. The van der Waals surface area contributed by atoms with E-state index >= 15 is 0 Å². The third-order valence-electron chi connectivity index (χ3n) is 6.42. The molecule has 2 saturated heterocycles. The lowest BCUT2D eigenvalue weighted by Gasteiger charge is -2.39. The van der Waals surface area contributed by atoms with E-state index in [1.807, 2.05) is 11.0 Å². The van der Waals surface area contributed by atoms with Crippen LogP contribution in [-0.4, -0.2) is 65.4 Å². The van der Waals surface area contributed by atoms with Gasteiger partial charge in [0.1, 0.15) is 0 Å². The minimum absolute atomic E-state index is 0.0161.